The molecule has 0 aromatic heterocycles. The van der Waals surface area contributed by atoms with Crippen molar-refractivity contribution in [3.8, 4) is 0 Å². The number of benzene rings is 2. The van der Waals surface area contributed by atoms with Gasteiger partial charge in [-0.25, -0.2) is 0 Å². The van der Waals surface area contributed by atoms with Crippen molar-refractivity contribution >= 4 is 18.0 Å². The van der Waals surface area contributed by atoms with Crippen molar-refractivity contribution in [2.45, 2.75) is 53.1 Å². The minimum atomic E-state index is -3.12. The Morgan fingerprint density at radius 3 is 2.19 bits per heavy atom. The average Bonchev–Trinajstić information content (AvgIpc) is 2.62. The van der Waals surface area contributed by atoms with Crippen LogP contribution >= 0.6 is 7.37 Å². The van der Waals surface area contributed by atoms with E-state index in [2.05, 4.69) is 27.7 Å². The van der Waals surface area contributed by atoms with Gasteiger partial charge in [0, 0.05) is 10.6 Å². The summed E-state index contributed by atoms with van der Waals surface area (Å²) >= 11 is 0. The second-order valence-corrected chi connectivity index (χ2v) is 10.5. The summed E-state index contributed by atoms with van der Waals surface area (Å²) in [5.74, 6) is 1.63. The van der Waals surface area contributed by atoms with Crippen LogP contribution in [-0.2, 0) is 9.09 Å². The van der Waals surface area contributed by atoms with Crippen molar-refractivity contribution in [3.05, 3.63) is 60.2 Å². The lowest BCUT2D eigenvalue weighted by molar-refractivity contribution is 0.0514. The molecule has 0 amide bonds. The minimum Gasteiger partial charge on any atom is -0.318 e. The third-order valence-electron chi connectivity index (χ3n) is 5.72. The summed E-state index contributed by atoms with van der Waals surface area (Å²) in [6, 6.07) is 17.7. The second-order valence-electron chi connectivity index (χ2n) is 8.19. The molecule has 0 bridgehead atoms. The first-order chi connectivity index (χ1) is 12.4. The summed E-state index contributed by atoms with van der Waals surface area (Å²) in [6.07, 6.45) is 3.44. The predicted molar refractivity (Wildman–Crippen MR) is 111 cm³/mol. The summed E-state index contributed by atoms with van der Waals surface area (Å²) in [4.78, 5) is 0. The van der Waals surface area contributed by atoms with Gasteiger partial charge in [-0.15, -0.1) is 0 Å². The maximum absolute atomic E-state index is 14.2. The molecule has 4 atom stereocenters. The van der Waals surface area contributed by atoms with Crippen LogP contribution in [0.5, 0.6) is 0 Å². The van der Waals surface area contributed by atoms with E-state index in [9.17, 15) is 4.57 Å². The molecule has 3 rings (SSSR count). The fourth-order valence-electron chi connectivity index (χ4n) is 4.06. The molecular weight excluding hydrogens is 339 g/mol. The van der Waals surface area contributed by atoms with Crippen LogP contribution in [0, 0.1) is 24.7 Å². The molecule has 1 aliphatic carbocycles. The highest BCUT2D eigenvalue weighted by Crippen LogP contribution is 2.50. The van der Waals surface area contributed by atoms with Gasteiger partial charge in [0.25, 0.3) is 7.37 Å². The van der Waals surface area contributed by atoms with Crippen LogP contribution in [-0.4, -0.2) is 6.10 Å². The molecule has 0 saturated heterocycles. The average molecular weight is 370 g/mol. The second kappa shape index (κ2) is 8.11. The highest BCUT2D eigenvalue weighted by molar-refractivity contribution is 7.74. The Balaban J connectivity index is 2.01. The van der Waals surface area contributed by atoms with Gasteiger partial charge in [0.2, 0.25) is 0 Å². The summed E-state index contributed by atoms with van der Waals surface area (Å²) < 4.78 is 20.8. The molecule has 0 N–H and O–H groups in total. The molecule has 140 valence electrons. The van der Waals surface area contributed by atoms with Crippen LogP contribution in [0.15, 0.2) is 54.6 Å². The normalized spacial score (nSPS) is 25.8. The third-order valence-corrected chi connectivity index (χ3v) is 8.24. The fraction of sp³-hybridized carbons (Fsp3) is 0.478. The van der Waals surface area contributed by atoms with Crippen molar-refractivity contribution < 1.29 is 9.09 Å². The van der Waals surface area contributed by atoms with Crippen LogP contribution in [0.2, 0.25) is 0 Å². The van der Waals surface area contributed by atoms with E-state index in [1.807, 2.05) is 54.6 Å². The number of rotatable bonds is 5. The Kier molecular flexibility index (Phi) is 6.05. The molecular formula is C23H31O2P. The largest absolute Gasteiger partial charge is 0.318 e. The van der Waals surface area contributed by atoms with Crippen LogP contribution in [0.1, 0.15) is 45.6 Å². The maximum Gasteiger partial charge on any atom is 0.261 e. The van der Waals surface area contributed by atoms with E-state index in [1.54, 1.807) is 0 Å². The fourth-order valence-corrected chi connectivity index (χ4v) is 6.33. The van der Waals surface area contributed by atoms with Gasteiger partial charge in [-0.05, 0) is 61.8 Å². The van der Waals surface area contributed by atoms with Crippen molar-refractivity contribution in [3.63, 3.8) is 0 Å². The third kappa shape index (κ3) is 4.13. The van der Waals surface area contributed by atoms with Crippen LogP contribution < -0.4 is 10.6 Å². The molecule has 0 spiro atoms. The Bertz CT molecular complexity index is 752. The van der Waals surface area contributed by atoms with Crippen LogP contribution in [0.25, 0.3) is 0 Å². The zero-order chi connectivity index (χ0) is 18.7. The first kappa shape index (κ1) is 19.4. The lowest BCUT2D eigenvalue weighted by Crippen LogP contribution is -2.36. The zero-order valence-corrected chi connectivity index (χ0v) is 17.3. The van der Waals surface area contributed by atoms with Gasteiger partial charge in [-0.1, -0.05) is 63.1 Å². The number of aryl methyl sites for hydroxylation is 1. The van der Waals surface area contributed by atoms with Gasteiger partial charge in [0.1, 0.15) is 0 Å². The Labute approximate surface area is 158 Å². The summed E-state index contributed by atoms with van der Waals surface area (Å²) in [6.45, 7) is 8.86. The summed E-state index contributed by atoms with van der Waals surface area (Å²) in [7, 11) is -3.12. The highest BCUT2D eigenvalue weighted by Gasteiger charge is 2.38. The van der Waals surface area contributed by atoms with E-state index in [0.29, 0.717) is 17.8 Å². The molecule has 1 aliphatic rings. The number of hydrogen-bond donors (Lipinski definition) is 0. The van der Waals surface area contributed by atoms with Crippen LogP contribution in [0.3, 0.4) is 0 Å². The van der Waals surface area contributed by atoms with Crippen molar-refractivity contribution in [1.29, 1.82) is 0 Å². The van der Waals surface area contributed by atoms with E-state index in [0.717, 1.165) is 23.5 Å². The van der Waals surface area contributed by atoms with E-state index < -0.39 is 7.37 Å². The minimum absolute atomic E-state index is 0.0473. The Morgan fingerprint density at radius 1 is 0.962 bits per heavy atom. The van der Waals surface area contributed by atoms with Gasteiger partial charge in [0.15, 0.2) is 0 Å². The molecule has 1 unspecified atom stereocenters. The Hall–Kier alpha value is -1.37. The van der Waals surface area contributed by atoms with E-state index in [4.69, 9.17) is 4.52 Å². The molecule has 0 aliphatic heterocycles. The lowest BCUT2D eigenvalue weighted by atomic mass is 9.75. The SMILES string of the molecule is Cc1ccc(P(=O)(O[C@@H]2C[C@H](C)CC[C@H]2C(C)C)c2ccccc2)cc1. The maximum atomic E-state index is 14.2. The van der Waals surface area contributed by atoms with Gasteiger partial charge in [-0.2, -0.15) is 0 Å². The van der Waals surface area contributed by atoms with Gasteiger partial charge in [0.05, 0.1) is 6.10 Å². The Morgan fingerprint density at radius 2 is 1.58 bits per heavy atom. The molecule has 2 aromatic carbocycles. The first-order valence-electron chi connectivity index (χ1n) is 9.81. The van der Waals surface area contributed by atoms with Gasteiger partial charge < -0.3 is 4.52 Å². The van der Waals surface area contributed by atoms with Crippen molar-refractivity contribution in [2.24, 2.45) is 17.8 Å². The molecule has 0 heterocycles. The lowest BCUT2D eigenvalue weighted by Gasteiger charge is -2.39. The standard InChI is InChI=1S/C23H31O2P/c1-17(2)22-15-12-19(4)16-23(22)25-26(24,20-8-6-5-7-9-20)21-13-10-18(3)11-14-21/h5-11,13-14,17,19,22-23H,12,15-16H2,1-4H3/t19-,22+,23-,26?/m1/s1. The molecule has 1 saturated carbocycles. The monoisotopic (exact) mass is 370 g/mol. The van der Waals surface area contributed by atoms with Crippen molar-refractivity contribution in [1.82, 2.24) is 0 Å². The van der Waals surface area contributed by atoms with E-state index in [-0.39, 0.29) is 6.10 Å². The zero-order valence-electron chi connectivity index (χ0n) is 16.4. The molecule has 3 heteroatoms. The van der Waals surface area contributed by atoms with E-state index in [1.165, 1.54) is 12.0 Å². The number of hydrogen-bond acceptors (Lipinski definition) is 2. The smallest absolute Gasteiger partial charge is 0.261 e. The van der Waals surface area contributed by atoms with Crippen LogP contribution in [0.4, 0.5) is 0 Å². The molecule has 1 fully saturated rings. The molecule has 2 aromatic rings. The highest BCUT2D eigenvalue weighted by atomic mass is 31.2. The summed E-state index contributed by atoms with van der Waals surface area (Å²) in [5.41, 5.74) is 1.17. The first-order valence-corrected chi connectivity index (χ1v) is 11.4. The predicted octanol–water partition coefficient (Wildman–Crippen LogP) is 5.70. The van der Waals surface area contributed by atoms with Gasteiger partial charge >= 0.3 is 0 Å². The quantitative estimate of drug-likeness (QED) is 0.631. The molecule has 0 radical (unpaired) electrons. The van der Waals surface area contributed by atoms with E-state index >= 15 is 0 Å². The van der Waals surface area contributed by atoms with Gasteiger partial charge in [-0.3, -0.25) is 4.57 Å². The summed E-state index contributed by atoms with van der Waals surface area (Å²) in [5, 5.41) is 1.60. The molecule has 2 nitrogen and oxygen atoms in total. The van der Waals surface area contributed by atoms with Crippen molar-refractivity contribution in [2.75, 3.05) is 0 Å². The molecule has 26 heavy (non-hydrogen) atoms. The topological polar surface area (TPSA) is 26.3 Å².